The van der Waals surface area contributed by atoms with Crippen LogP contribution in [-0.4, -0.2) is 48.6 Å². The van der Waals surface area contributed by atoms with Crippen LogP contribution in [0.3, 0.4) is 0 Å². The summed E-state index contributed by atoms with van der Waals surface area (Å²) in [5, 5.41) is 10.4. The van der Waals surface area contributed by atoms with Crippen LogP contribution in [0.5, 0.6) is 5.75 Å². The Morgan fingerprint density at radius 3 is 2.46 bits per heavy atom. The van der Waals surface area contributed by atoms with Crippen molar-refractivity contribution in [1.82, 2.24) is 0 Å². The number of aliphatic hydroxyl groups is 1. The predicted octanol–water partition coefficient (Wildman–Crippen LogP) is 3.43. The molecule has 0 unspecified atom stereocenters. The van der Waals surface area contributed by atoms with Crippen molar-refractivity contribution in [2.45, 2.75) is 59.0 Å². The van der Waals surface area contributed by atoms with E-state index in [1.165, 1.54) is 13.0 Å². The van der Waals surface area contributed by atoms with Gasteiger partial charge in [-0.1, -0.05) is 32.9 Å². The van der Waals surface area contributed by atoms with E-state index >= 15 is 0 Å². The van der Waals surface area contributed by atoms with Crippen LogP contribution in [0.4, 0.5) is 0 Å². The normalized spacial score (nSPS) is 33.3. The zero-order valence-electron chi connectivity index (χ0n) is 20.6. The number of esters is 3. The minimum Gasteiger partial charge on any atom is -0.497 e. The van der Waals surface area contributed by atoms with Crippen molar-refractivity contribution in [3.63, 3.8) is 0 Å². The number of cyclic esters (lactones) is 1. The molecule has 0 spiro atoms. The maximum Gasteiger partial charge on any atom is 0.331 e. The first kappa shape index (κ1) is 25.0. The Labute approximate surface area is 204 Å². The Hall–Kier alpha value is -3.13. The Morgan fingerprint density at radius 2 is 1.83 bits per heavy atom. The van der Waals surface area contributed by atoms with Crippen molar-refractivity contribution in [2.75, 3.05) is 7.11 Å². The molecule has 1 aromatic rings. The number of hydrogen-bond acceptors (Lipinski definition) is 8. The van der Waals surface area contributed by atoms with E-state index in [9.17, 15) is 19.5 Å². The third kappa shape index (κ3) is 4.47. The summed E-state index contributed by atoms with van der Waals surface area (Å²) < 4.78 is 21.9. The quantitative estimate of drug-likeness (QED) is 0.293. The molecule has 0 aromatic heterocycles. The Bertz CT molecular complexity index is 1070. The molecule has 6 atom stereocenters. The van der Waals surface area contributed by atoms with Gasteiger partial charge in [-0.3, -0.25) is 9.59 Å². The summed E-state index contributed by atoms with van der Waals surface area (Å²) in [7, 11) is 1.58. The first-order chi connectivity index (χ1) is 16.5. The molecular weight excluding hydrogens is 452 g/mol. The zero-order valence-corrected chi connectivity index (χ0v) is 20.6. The fourth-order valence-electron chi connectivity index (χ4n) is 6.32. The molecule has 0 bridgehead atoms. The fraction of sp³-hybridized carbons (Fsp3) is 0.519. The average molecular weight is 485 g/mol. The van der Waals surface area contributed by atoms with Crippen molar-refractivity contribution in [1.29, 1.82) is 0 Å². The molecule has 8 heteroatoms. The second-order valence-corrected chi connectivity index (χ2v) is 10.4. The lowest BCUT2D eigenvalue weighted by atomic mass is 9.47. The molecule has 35 heavy (non-hydrogen) atoms. The first-order valence-electron chi connectivity index (χ1n) is 11.8. The molecule has 2 aliphatic carbocycles. The SMILES string of the molecule is COc1ccc(/C=C/C(=O)O[C@@H]2CCC(C)(C)[C@@H]3[C@@H](OC(C)=O)C=C4[C@H](C(=O)O[C@@H]4O)[C@@]23C)cc1. The summed E-state index contributed by atoms with van der Waals surface area (Å²) in [6.07, 6.45) is 3.09. The van der Waals surface area contributed by atoms with Gasteiger partial charge in [0.2, 0.25) is 6.29 Å². The number of ether oxygens (including phenoxy) is 4. The second kappa shape index (κ2) is 9.15. The summed E-state index contributed by atoms with van der Waals surface area (Å²) in [4.78, 5) is 37.7. The molecule has 4 rings (SSSR count). The van der Waals surface area contributed by atoms with Crippen molar-refractivity contribution < 1.29 is 38.4 Å². The van der Waals surface area contributed by atoms with E-state index in [-0.39, 0.29) is 11.3 Å². The van der Waals surface area contributed by atoms with Crippen LogP contribution >= 0.6 is 0 Å². The number of aliphatic hydroxyl groups excluding tert-OH is 1. The predicted molar refractivity (Wildman–Crippen MR) is 126 cm³/mol. The highest BCUT2D eigenvalue weighted by Crippen LogP contribution is 2.62. The molecule has 1 saturated heterocycles. The number of carbonyl (C=O) groups is 3. The zero-order chi connectivity index (χ0) is 25.5. The van der Waals surface area contributed by atoms with Gasteiger partial charge >= 0.3 is 17.9 Å². The molecule has 1 aliphatic heterocycles. The molecule has 1 saturated carbocycles. The second-order valence-electron chi connectivity index (χ2n) is 10.4. The average Bonchev–Trinajstić information content (AvgIpc) is 3.07. The van der Waals surface area contributed by atoms with Gasteiger partial charge in [0.15, 0.2) is 0 Å². The van der Waals surface area contributed by atoms with Gasteiger partial charge in [-0.2, -0.15) is 0 Å². The maximum absolute atomic E-state index is 12.9. The number of hydrogen-bond donors (Lipinski definition) is 1. The third-order valence-electron chi connectivity index (χ3n) is 7.73. The van der Waals surface area contributed by atoms with Gasteiger partial charge < -0.3 is 24.1 Å². The standard InChI is InChI=1S/C27H32O8/c1-15(28)33-19-14-18-22(25(31)35-24(18)30)27(4)20(12-13-26(2,3)23(19)27)34-21(29)11-8-16-6-9-17(32-5)10-7-16/h6-11,14,19-20,22-24,30H,12-13H2,1-5H3/b11-8+/t19-,20+,22+,23-,24-,27+/m0/s1. The van der Waals surface area contributed by atoms with Gasteiger partial charge in [-0.25, -0.2) is 4.79 Å². The summed E-state index contributed by atoms with van der Waals surface area (Å²) in [6.45, 7) is 7.32. The van der Waals surface area contributed by atoms with Crippen molar-refractivity contribution in [3.8, 4) is 5.75 Å². The number of fused-ring (bicyclic) bond motifs is 3. The highest BCUT2D eigenvalue weighted by Gasteiger charge is 2.67. The van der Waals surface area contributed by atoms with Gasteiger partial charge in [-0.05, 0) is 48.1 Å². The van der Waals surface area contributed by atoms with Crippen LogP contribution in [0.1, 0.15) is 46.1 Å². The van der Waals surface area contributed by atoms with E-state index in [0.29, 0.717) is 24.2 Å². The Morgan fingerprint density at radius 1 is 1.14 bits per heavy atom. The lowest BCUT2D eigenvalue weighted by Gasteiger charge is -2.59. The molecule has 2 fully saturated rings. The molecule has 1 aromatic carbocycles. The molecule has 1 heterocycles. The number of benzene rings is 1. The largest absolute Gasteiger partial charge is 0.497 e. The highest BCUT2D eigenvalue weighted by atomic mass is 16.6. The minimum absolute atomic E-state index is 0.341. The van der Waals surface area contributed by atoms with E-state index in [1.807, 2.05) is 19.1 Å². The number of carbonyl (C=O) groups excluding carboxylic acids is 3. The van der Waals surface area contributed by atoms with Crippen LogP contribution in [0, 0.1) is 22.7 Å². The highest BCUT2D eigenvalue weighted by molar-refractivity contribution is 5.87. The third-order valence-corrected chi connectivity index (χ3v) is 7.73. The van der Waals surface area contributed by atoms with Crippen LogP contribution in [0.15, 0.2) is 42.0 Å². The number of rotatable bonds is 5. The summed E-state index contributed by atoms with van der Waals surface area (Å²) >= 11 is 0. The van der Waals surface area contributed by atoms with Crippen molar-refractivity contribution >= 4 is 24.0 Å². The molecule has 8 nitrogen and oxygen atoms in total. The summed E-state index contributed by atoms with van der Waals surface area (Å²) in [5.74, 6) is -2.02. The molecule has 3 aliphatic rings. The van der Waals surface area contributed by atoms with E-state index < -0.39 is 47.7 Å². The first-order valence-corrected chi connectivity index (χ1v) is 11.8. The van der Waals surface area contributed by atoms with Gasteiger partial charge in [-0.15, -0.1) is 0 Å². The number of methoxy groups -OCH3 is 1. The van der Waals surface area contributed by atoms with Crippen LogP contribution in [0.2, 0.25) is 0 Å². The van der Waals surface area contributed by atoms with Crippen LogP contribution in [0.25, 0.3) is 6.08 Å². The Balaban J connectivity index is 1.66. The molecular formula is C27H32O8. The maximum atomic E-state index is 12.9. The van der Waals surface area contributed by atoms with E-state index in [1.54, 1.807) is 31.4 Å². The van der Waals surface area contributed by atoms with E-state index in [0.717, 1.165) is 5.56 Å². The molecule has 0 radical (unpaired) electrons. The Kier molecular flexibility index (Phi) is 6.53. The molecule has 1 N–H and O–H groups in total. The van der Waals surface area contributed by atoms with Crippen molar-refractivity contribution in [3.05, 3.63) is 47.6 Å². The van der Waals surface area contributed by atoms with Crippen molar-refractivity contribution in [2.24, 2.45) is 22.7 Å². The van der Waals surface area contributed by atoms with Gasteiger partial charge in [0.05, 0.1) is 13.0 Å². The smallest absolute Gasteiger partial charge is 0.331 e. The monoisotopic (exact) mass is 484 g/mol. The lowest BCUT2D eigenvalue weighted by Crippen LogP contribution is -2.62. The van der Waals surface area contributed by atoms with Gasteiger partial charge in [0.25, 0.3) is 0 Å². The lowest BCUT2D eigenvalue weighted by molar-refractivity contribution is -0.198. The minimum atomic E-state index is -1.42. The van der Waals surface area contributed by atoms with Crippen LogP contribution < -0.4 is 4.74 Å². The summed E-state index contributed by atoms with van der Waals surface area (Å²) in [6, 6.07) is 7.23. The summed E-state index contributed by atoms with van der Waals surface area (Å²) in [5.41, 5.74) is -0.138. The van der Waals surface area contributed by atoms with Gasteiger partial charge in [0, 0.05) is 29.9 Å². The van der Waals surface area contributed by atoms with E-state index in [2.05, 4.69) is 13.8 Å². The fourth-order valence-corrected chi connectivity index (χ4v) is 6.32. The topological polar surface area (TPSA) is 108 Å². The van der Waals surface area contributed by atoms with Crippen LogP contribution in [-0.2, 0) is 28.6 Å². The molecule has 0 amide bonds. The van der Waals surface area contributed by atoms with E-state index in [4.69, 9.17) is 18.9 Å². The van der Waals surface area contributed by atoms with Gasteiger partial charge in [0.1, 0.15) is 18.0 Å². The molecule has 188 valence electrons.